The molecule has 3 amide bonds. The molecule has 10 aromatic heterocycles. The summed E-state index contributed by atoms with van der Waals surface area (Å²) in [6, 6.07) is 29.3. The Morgan fingerprint density at radius 1 is 0.545 bits per heavy atom. The van der Waals surface area contributed by atoms with Gasteiger partial charge < -0.3 is 61.4 Å². The summed E-state index contributed by atoms with van der Waals surface area (Å²) in [7, 11) is 4.12. The molecule has 1 saturated carbocycles. The first kappa shape index (κ1) is 71.2. The first-order chi connectivity index (χ1) is 53.5. The zero-order valence-electron chi connectivity index (χ0n) is 61.6. The van der Waals surface area contributed by atoms with Gasteiger partial charge in [-0.05, 0) is 142 Å². The summed E-state index contributed by atoms with van der Waals surface area (Å²) < 4.78 is 33.0. The van der Waals surface area contributed by atoms with Crippen molar-refractivity contribution in [1.82, 2.24) is 74.0 Å². The highest BCUT2D eigenvalue weighted by Gasteiger charge is 2.37. The van der Waals surface area contributed by atoms with Crippen LogP contribution in [0.5, 0.6) is 0 Å². The second-order valence-electron chi connectivity index (χ2n) is 29.9. The Kier molecular flexibility index (Phi) is 19.4. The van der Waals surface area contributed by atoms with Crippen LogP contribution >= 0.6 is 0 Å². The van der Waals surface area contributed by atoms with Crippen molar-refractivity contribution in [3.05, 3.63) is 209 Å². The van der Waals surface area contributed by atoms with Crippen molar-refractivity contribution in [2.45, 2.75) is 102 Å². The number of nitrogens with one attached hydrogen (secondary N) is 6. The lowest BCUT2D eigenvalue weighted by Crippen LogP contribution is -2.57. The number of aromatic nitrogens is 10. The first-order valence-electron chi connectivity index (χ1n) is 37.9. The Morgan fingerprint density at radius 2 is 1.18 bits per heavy atom. The molecule has 27 heteroatoms. The van der Waals surface area contributed by atoms with Crippen LogP contribution in [0.3, 0.4) is 0 Å². The molecule has 4 fully saturated rings. The number of nitrogens with zero attached hydrogens (tertiary/aromatic N) is 14. The monoisotopic (exact) mass is 1480 g/mol. The quantitative estimate of drug-likeness (QED) is 0.0502. The third kappa shape index (κ3) is 14.3. The Labute approximate surface area is 633 Å². The molecule has 3 saturated heterocycles. The zero-order chi connectivity index (χ0) is 75.3. The van der Waals surface area contributed by atoms with Gasteiger partial charge in [0.15, 0.2) is 0 Å². The van der Waals surface area contributed by atoms with E-state index in [9.17, 15) is 33.4 Å². The van der Waals surface area contributed by atoms with E-state index in [4.69, 9.17) is 9.97 Å². The number of piperidine rings is 2. The third-order valence-electron chi connectivity index (χ3n) is 22.5. The number of amides is 3. The van der Waals surface area contributed by atoms with Crippen molar-refractivity contribution in [2.75, 3.05) is 91.7 Å². The van der Waals surface area contributed by atoms with Gasteiger partial charge in [-0.3, -0.25) is 33.1 Å². The zero-order valence-corrected chi connectivity index (χ0v) is 61.6. The molecule has 0 radical (unpaired) electrons. The lowest BCUT2D eigenvalue weighted by Gasteiger charge is -2.44. The van der Waals surface area contributed by atoms with Gasteiger partial charge in [0.1, 0.15) is 46.0 Å². The average molecular weight is 1480 g/mol. The van der Waals surface area contributed by atoms with E-state index in [1.54, 1.807) is 37.2 Å². The summed E-state index contributed by atoms with van der Waals surface area (Å²) in [6.07, 6.45) is 25.2. The van der Waals surface area contributed by atoms with Crippen LogP contribution in [0.4, 0.5) is 54.7 Å². The standard InChI is InChI=1S/C31H35FN8O2.C26H25FN6O2.C26H26N6O/c1-37-11-13-38(14-12-37)19-31(42)8-2-9-39(20-31)22-3-6-27(33-16-22)36-25-5-4-23(24-17-35-30(41)29(24)25)26-18-34-28-15-21(32)7-10-40(26)28;1-15-10-20(31-22-3-2-17(12-28-22)32-7-5-18(34)6-8-32)25-19(13-30-26(25)35)24(15)21-14-29-23-11-16(27)4-9-33(21)23;1-32-13-11-18-17(10-12-27-25(18)32)24-19-14-29-26(33)23(19)21(15-28-24)31-22-9-5-8-20(30-22)16-6-3-2-4-7-16/h3-7,10,15-16,18,42H,2,8-9,11-14,17,19-20H2,1H3,(H,33,36)(H,35,41);2-4,9-12,14,18,34H,5-8,13H2,1H3,(H,28,31)(H,30,35);5,8-13,15-16H,2-4,6-7,14H2,1H3,(H,29,33)(H,30,31). The number of carbonyl (C=O) groups excluding carboxylic acids is 3. The fourth-order valence-electron chi connectivity index (χ4n) is 16.8. The van der Waals surface area contributed by atoms with E-state index in [2.05, 4.69) is 89.5 Å². The minimum atomic E-state index is -0.740. The van der Waals surface area contributed by atoms with Crippen LogP contribution in [0, 0.1) is 18.6 Å². The summed E-state index contributed by atoms with van der Waals surface area (Å²) in [4.78, 5) is 79.8. The number of carbonyl (C=O) groups is 3. The van der Waals surface area contributed by atoms with E-state index in [0.29, 0.717) is 95.3 Å². The second kappa shape index (κ2) is 30.0. The number of piperazine rings is 1. The molecule has 7 aliphatic rings. The molecule has 562 valence electrons. The molecule has 12 aromatic rings. The highest BCUT2D eigenvalue weighted by molar-refractivity contribution is 6.08. The predicted octanol–water partition coefficient (Wildman–Crippen LogP) is 12.0. The molecule has 1 atom stereocenters. The number of hydrogen-bond donors (Lipinski definition) is 8. The molecule has 1 aliphatic carbocycles. The minimum Gasteiger partial charge on any atom is -0.393 e. The van der Waals surface area contributed by atoms with Gasteiger partial charge in [-0.1, -0.05) is 31.4 Å². The van der Waals surface area contributed by atoms with Gasteiger partial charge in [-0.15, -0.1) is 0 Å². The highest BCUT2D eigenvalue weighted by atomic mass is 19.1. The lowest BCUT2D eigenvalue weighted by atomic mass is 9.87. The SMILES string of the molecule is CN1CCN(CC2(O)CCCN(c3ccc(Nc4ccc(-c5cnc6cc(F)ccn56)c5c4C(=O)NC5)nc3)C2)CC1.Cc1cc(Nc2ccc(N3CCC(O)CC3)cn2)c2c(c1-c1cnc3cc(F)ccn13)CNC2=O.Cn1ccc2c(-c3ncc(Nc4cccc(C5CCCCC5)n4)c4c3CNC4=O)ccnc21. The number of hydrogen-bond acceptors (Lipinski definition) is 19. The van der Waals surface area contributed by atoms with E-state index in [0.717, 1.165) is 161 Å². The Balaban J connectivity index is 0.000000121. The number of anilines is 8. The smallest absolute Gasteiger partial charge is 0.254 e. The number of halogens is 2. The lowest BCUT2D eigenvalue weighted by molar-refractivity contribution is -0.0172. The van der Waals surface area contributed by atoms with Gasteiger partial charge in [0, 0.05) is 162 Å². The molecule has 19 rings (SSSR count). The number of fused-ring (bicyclic) bond motifs is 6. The normalized spacial score (nSPS) is 18.1. The van der Waals surface area contributed by atoms with Gasteiger partial charge in [-0.25, -0.2) is 38.7 Å². The number of β-amino-alcohol motifs (C(OH)–C–C–N with tert-alkyl or cyclic N) is 1. The van der Waals surface area contributed by atoms with Crippen LogP contribution in [0.15, 0.2) is 153 Å². The fraction of sp³-hybridized carbons (Fsp3) is 0.325. The summed E-state index contributed by atoms with van der Waals surface area (Å²) in [6.45, 7) is 11.1. The molecule has 6 aliphatic heterocycles. The molecule has 2 aromatic carbocycles. The summed E-state index contributed by atoms with van der Waals surface area (Å²) >= 11 is 0. The Morgan fingerprint density at radius 3 is 1.88 bits per heavy atom. The number of aliphatic hydroxyl groups is 2. The van der Waals surface area contributed by atoms with Crippen LogP contribution < -0.4 is 41.7 Å². The van der Waals surface area contributed by atoms with E-state index in [-0.39, 0.29) is 35.5 Å². The number of pyridine rings is 7. The van der Waals surface area contributed by atoms with Gasteiger partial charge in [0.05, 0.1) is 105 Å². The summed E-state index contributed by atoms with van der Waals surface area (Å²) in [5.74, 6) is 1.47. The number of aryl methyl sites for hydroxylation is 2. The van der Waals surface area contributed by atoms with Crippen LogP contribution in [0.25, 0.3) is 56.1 Å². The minimum absolute atomic E-state index is 0.0852. The number of rotatable bonds is 14. The van der Waals surface area contributed by atoms with Gasteiger partial charge in [-0.2, -0.15) is 0 Å². The molecule has 1 unspecified atom stereocenters. The largest absolute Gasteiger partial charge is 0.393 e. The molecule has 110 heavy (non-hydrogen) atoms. The average Bonchev–Trinajstić information content (AvgIpc) is 1.59. The van der Waals surface area contributed by atoms with Crippen molar-refractivity contribution < 1.29 is 33.4 Å². The highest BCUT2D eigenvalue weighted by Crippen LogP contribution is 2.42. The Bertz CT molecular complexity index is 5510. The maximum absolute atomic E-state index is 13.7. The molecule has 0 bridgehead atoms. The Hall–Kier alpha value is -11.8. The molecule has 0 spiro atoms. The van der Waals surface area contributed by atoms with Crippen molar-refractivity contribution in [3.63, 3.8) is 0 Å². The van der Waals surface area contributed by atoms with Crippen LogP contribution in [0.2, 0.25) is 0 Å². The predicted molar refractivity (Wildman–Crippen MR) is 420 cm³/mol. The van der Waals surface area contributed by atoms with E-state index in [1.165, 1.54) is 56.4 Å². The van der Waals surface area contributed by atoms with Crippen LogP contribution in [0.1, 0.15) is 123 Å². The van der Waals surface area contributed by atoms with Crippen molar-refractivity contribution in [2.24, 2.45) is 7.05 Å². The van der Waals surface area contributed by atoms with E-state index >= 15 is 0 Å². The maximum Gasteiger partial charge on any atom is 0.254 e. The number of aliphatic hydroxyl groups excluding tert-OH is 1. The van der Waals surface area contributed by atoms with Crippen molar-refractivity contribution in [1.29, 1.82) is 0 Å². The molecule has 16 heterocycles. The summed E-state index contributed by atoms with van der Waals surface area (Å²) in [5.41, 5.74) is 16.9. The van der Waals surface area contributed by atoms with E-state index in [1.807, 2.05) is 113 Å². The first-order valence-corrected chi connectivity index (χ1v) is 37.9. The second-order valence-corrected chi connectivity index (χ2v) is 29.9. The van der Waals surface area contributed by atoms with Crippen molar-refractivity contribution in [3.8, 4) is 33.8 Å². The molecule has 8 N–H and O–H groups in total. The third-order valence-corrected chi connectivity index (χ3v) is 22.5. The van der Waals surface area contributed by atoms with E-state index < -0.39 is 5.60 Å². The maximum atomic E-state index is 13.7. The molecule has 25 nitrogen and oxygen atoms in total. The summed E-state index contributed by atoms with van der Waals surface area (Å²) in [5, 5.41) is 41.1. The van der Waals surface area contributed by atoms with Crippen LogP contribution in [-0.4, -0.2) is 164 Å². The molecular formula is C83H86F2N20O5. The van der Waals surface area contributed by atoms with Gasteiger partial charge in [0.25, 0.3) is 17.7 Å². The number of benzene rings is 2. The number of imidazole rings is 2. The van der Waals surface area contributed by atoms with Crippen molar-refractivity contribution >= 4 is 85.9 Å². The number of likely N-dealkylation sites (N-methyl/N-ethyl adjacent to an activating group) is 1. The van der Waals surface area contributed by atoms with Gasteiger partial charge in [0.2, 0.25) is 0 Å². The fourth-order valence-corrected chi connectivity index (χ4v) is 16.8. The van der Waals surface area contributed by atoms with Crippen LogP contribution in [-0.2, 0) is 26.7 Å². The van der Waals surface area contributed by atoms with Gasteiger partial charge >= 0.3 is 0 Å². The molecular weight excluding hydrogens is 1400 g/mol. The topological polar surface area (TPSA) is 281 Å².